The molecule has 2 N–H and O–H groups in total. The molecule has 1 aliphatic rings. The fourth-order valence-electron chi connectivity index (χ4n) is 2.01. The van der Waals surface area contributed by atoms with Crippen LogP contribution in [0.4, 0.5) is 0 Å². The number of furan rings is 1. The number of thioether (sulfide) groups is 1. The molecule has 1 aromatic rings. The molecule has 8 nitrogen and oxygen atoms in total. The molecule has 0 amide bonds. The summed E-state index contributed by atoms with van der Waals surface area (Å²) in [6.45, 7) is 1.30. The monoisotopic (exact) mass is 383 g/mol. The number of terminal acetylenes is 1. The van der Waals surface area contributed by atoms with Gasteiger partial charge in [-0.15, -0.1) is 6.42 Å². The van der Waals surface area contributed by atoms with E-state index in [0.717, 1.165) is 29.6 Å². The second-order valence-corrected chi connectivity index (χ2v) is 7.99. The molecule has 1 saturated heterocycles. The van der Waals surface area contributed by atoms with Gasteiger partial charge >= 0.3 is 10.2 Å². The van der Waals surface area contributed by atoms with E-state index in [4.69, 9.17) is 10.8 Å². The van der Waals surface area contributed by atoms with Crippen LogP contribution in [0.25, 0.3) is 0 Å². The number of rotatable bonds is 8. The van der Waals surface area contributed by atoms with Gasteiger partial charge in [-0.2, -0.15) is 20.2 Å². The van der Waals surface area contributed by atoms with Crippen molar-refractivity contribution in [2.45, 2.75) is 12.3 Å². The average molecular weight is 383 g/mol. The maximum Gasteiger partial charge on any atom is 0.324 e. The summed E-state index contributed by atoms with van der Waals surface area (Å²) < 4.78 is 33.3. The number of hydrogen-bond donors (Lipinski definition) is 2. The van der Waals surface area contributed by atoms with Gasteiger partial charge in [0.2, 0.25) is 0 Å². The summed E-state index contributed by atoms with van der Waals surface area (Å²) in [5.41, 5.74) is 0. The Morgan fingerprint density at radius 3 is 2.60 bits per heavy atom. The molecule has 0 bridgehead atoms. The Morgan fingerprint density at radius 2 is 1.92 bits per heavy atom. The van der Waals surface area contributed by atoms with Crippen LogP contribution in [-0.2, 0) is 22.5 Å². The van der Waals surface area contributed by atoms with Gasteiger partial charge in [-0.1, -0.05) is 5.92 Å². The van der Waals surface area contributed by atoms with Crippen LogP contribution in [0.2, 0.25) is 0 Å². The van der Waals surface area contributed by atoms with Gasteiger partial charge in [-0.25, -0.2) is 9.44 Å². The van der Waals surface area contributed by atoms with E-state index in [1.54, 1.807) is 11.8 Å². The van der Waals surface area contributed by atoms with Gasteiger partial charge in [0.15, 0.2) is 11.7 Å². The van der Waals surface area contributed by atoms with E-state index in [-0.39, 0.29) is 18.2 Å². The maximum absolute atomic E-state index is 11.5. The Hall–Kier alpha value is -1.96. The Morgan fingerprint density at radius 1 is 1.24 bits per heavy atom. The van der Waals surface area contributed by atoms with Crippen LogP contribution in [0.15, 0.2) is 26.5 Å². The van der Waals surface area contributed by atoms with Crippen molar-refractivity contribution in [2.75, 3.05) is 32.9 Å². The SMILES string of the molecule is C#CCN=C1NS(=O)(=O)NC1=NCCSCc1ccc(CN(C)C)o1. The second-order valence-electron chi connectivity index (χ2n) is 5.47. The molecule has 2 rings (SSSR count). The van der Waals surface area contributed by atoms with Crippen LogP contribution in [-0.4, -0.2) is 57.9 Å². The summed E-state index contributed by atoms with van der Waals surface area (Å²) >= 11 is 1.66. The van der Waals surface area contributed by atoms with Crippen LogP contribution in [0.1, 0.15) is 11.5 Å². The lowest BCUT2D eigenvalue weighted by Crippen LogP contribution is -2.24. The Kier molecular flexibility index (Phi) is 6.92. The predicted molar refractivity (Wildman–Crippen MR) is 101 cm³/mol. The Labute approximate surface area is 152 Å². The third-order valence-electron chi connectivity index (χ3n) is 2.95. The highest BCUT2D eigenvalue weighted by atomic mass is 32.2. The summed E-state index contributed by atoms with van der Waals surface area (Å²) in [6, 6.07) is 3.95. The average Bonchev–Trinajstić information content (AvgIpc) is 3.08. The number of aliphatic imine (C=N–C) groups is 2. The van der Waals surface area contributed by atoms with Crippen molar-refractivity contribution in [3.05, 3.63) is 23.7 Å². The smallest absolute Gasteiger partial charge is 0.324 e. The first-order chi connectivity index (χ1) is 11.9. The topological polar surface area (TPSA) is 99.3 Å². The van der Waals surface area contributed by atoms with Crippen molar-refractivity contribution in [1.29, 1.82) is 0 Å². The molecule has 10 heteroatoms. The molecule has 0 unspecified atom stereocenters. The minimum absolute atomic E-state index is 0.0844. The van der Waals surface area contributed by atoms with Gasteiger partial charge < -0.3 is 9.32 Å². The minimum Gasteiger partial charge on any atom is -0.464 e. The molecule has 1 fully saturated rings. The fraction of sp³-hybridized carbons (Fsp3) is 0.467. The molecule has 0 aromatic carbocycles. The maximum atomic E-state index is 11.5. The Bertz CT molecular complexity index is 790. The molecule has 0 radical (unpaired) electrons. The molecular weight excluding hydrogens is 362 g/mol. The van der Waals surface area contributed by atoms with Crippen LogP contribution in [0, 0.1) is 12.3 Å². The minimum atomic E-state index is -3.62. The van der Waals surface area contributed by atoms with E-state index in [1.807, 2.05) is 31.1 Å². The fourth-order valence-corrected chi connectivity index (χ4v) is 3.61. The molecule has 0 atom stereocenters. The molecule has 2 heterocycles. The van der Waals surface area contributed by atoms with E-state index in [2.05, 4.69) is 25.3 Å². The van der Waals surface area contributed by atoms with E-state index < -0.39 is 10.2 Å². The van der Waals surface area contributed by atoms with Gasteiger partial charge in [-0.3, -0.25) is 9.98 Å². The van der Waals surface area contributed by atoms with E-state index in [1.165, 1.54) is 0 Å². The normalized spacial score (nSPS) is 19.1. The second kappa shape index (κ2) is 8.94. The zero-order valence-electron chi connectivity index (χ0n) is 14.2. The quantitative estimate of drug-likeness (QED) is 0.501. The summed E-state index contributed by atoms with van der Waals surface area (Å²) in [7, 11) is 0.355. The summed E-state index contributed by atoms with van der Waals surface area (Å²) in [5, 5.41) is 0. The molecule has 1 aliphatic heterocycles. The van der Waals surface area contributed by atoms with Crippen molar-refractivity contribution in [3.63, 3.8) is 0 Å². The molecule has 0 spiro atoms. The van der Waals surface area contributed by atoms with Crippen LogP contribution < -0.4 is 9.44 Å². The molecule has 0 aliphatic carbocycles. The highest BCUT2D eigenvalue weighted by Gasteiger charge is 2.27. The Balaban J connectivity index is 1.80. The molecule has 1 aromatic heterocycles. The van der Waals surface area contributed by atoms with E-state index in [9.17, 15) is 8.42 Å². The summed E-state index contributed by atoms with van der Waals surface area (Å²) in [6.07, 6.45) is 5.13. The lowest BCUT2D eigenvalue weighted by molar-refractivity contribution is 0.344. The highest BCUT2D eigenvalue weighted by Crippen LogP contribution is 2.16. The molecule has 25 heavy (non-hydrogen) atoms. The van der Waals surface area contributed by atoms with E-state index in [0.29, 0.717) is 6.54 Å². The number of nitrogens with one attached hydrogen (secondary N) is 2. The van der Waals surface area contributed by atoms with Crippen molar-refractivity contribution >= 4 is 33.6 Å². The number of hydrogen-bond acceptors (Lipinski definition) is 7. The van der Waals surface area contributed by atoms with Crippen LogP contribution in [0.3, 0.4) is 0 Å². The van der Waals surface area contributed by atoms with Gasteiger partial charge in [0, 0.05) is 5.75 Å². The predicted octanol–water partition coefficient (Wildman–Crippen LogP) is 0.442. The van der Waals surface area contributed by atoms with Crippen molar-refractivity contribution < 1.29 is 12.8 Å². The first kappa shape index (κ1) is 19.4. The lowest BCUT2D eigenvalue weighted by Gasteiger charge is -2.05. The third-order valence-corrected chi connectivity index (χ3v) is 4.84. The summed E-state index contributed by atoms with van der Waals surface area (Å²) in [5.74, 6) is 5.98. The van der Waals surface area contributed by atoms with Crippen molar-refractivity contribution in [2.24, 2.45) is 9.98 Å². The molecule has 136 valence electrons. The van der Waals surface area contributed by atoms with Crippen molar-refractivity contribution in [3.8, 4) is 12.3 Å². The van der Waals surface area contributed by atoms with Gasteiger partial charge in [0.1, 0.15) is 18.1 Å². The number of nitrogens with zero attached hydrogens (tertiary/aromatic N) is 3. The van der Waals surface area contributed by atoms with Crippen LogP contribution in [0.5, 0.6) is 0 Å². The van der Waals surface area contributed by atoms with Gasteiger partial charge in [-0.05, 0) is 26.2 Å². The van der Waals surface area contributed by atoms with Crippen LogP contribution >= 0.6 is 11.8 Å². The van der Waals surface area contributed by atoms with Gasteiger partial charge in [0.05, 0.1) is 18.8 Å². The summed E-state index contributed by atoms with van der Waals surface area (Å²) in [4.78, 5) is 10.2. The largest absolute Gasteiger partial charge is 0.464 e. The zero-order chi connectivity index (χ0) is 18.3. The third kappa shape index (κ3) is 6.45. The lowest BCUT2D eigenvalue weighted by atomic mass is 10.4. The zero-order valence-corrected chi connectivity index (χ0v) is 15.8. The standard InChI is InChI=1S/C15H21N5O3S2/c1-4-7-16-14-15(19-25(21,22)18-14)17-8-9-24-11-13-6-5-12(23-13)10-20(2)3/h1,5-6H,7-11H2,2-3H3,(H,16,18)(H,17,19). The first-order valence-electron chi connectivity index (χ1n) is 7.53. The molecule has 0 saturated carbocycles. The molecular formula is C15H21N5O3S2. The first-order valence-corrected chi connectivity index (χ1v) is 10.2. The van der Waals surface area contributed by atoms with E-state index >= 15 is 0 Å². The number of amidine groups is 2. The van der Waals surface area contributed by atoms with Crippen molar-refractivity contribution in [1.82, 2.24) is 14.3 Å². The van der Waals surface area contributed by atoms with Gasteiger partial charge in [0.25, 0.3) is 0 Å². The highest BCUT2D eigenvalue weighted by molar-refractivity contribution is 7.98.